The Kier molecular flexibility index (Phi) is 7.78. The van der Waals surface area contributed by atoms with Crippen LogP contribution in [0.2, 0.25) is 0 Å². The summed E-state index contributed by atoms with van der Waals surface area (Å²) in [4.78, 5) is 51.2. The smallest absolute Gasteiger partial charge is 0.395 e. The van der Waals surface area contributed by atoms with Crippen LogP contribution in [0.15, 0.2) is 46.8 Å². The molecular weight excluding hydrogens is 561 g/mol. The molecule has 214 valence electrons. The van der Waals surface area contributed by atoms with Gasteiger partial charge in [-0.25, -0.2) is 14.8 Å². The van der Waals surface area contributed by atoms with Gasteiger partial charge in [0.15, 0.2) is 5.69 Å². The van der Waals surface area contributed by atoms with E-state index in [-0.39, 0.29) is 46.5 Å². The number of amides is 3. The van der Waals surface area contributed by atoms with E-state index in [9.17, 15) is 32.7 Å². The van der Waals surface area contributed by atoms with Crippen molar-refractivity contribution in [1.82, 2.24) is 25.2 Å². The summed E-state index contributed by atoms with van der Waals surface area (Å²) in [5.74, 6) is -0.394. The zero-order chi connectivity index (χ0) is 29.3. The van der Waals surface area contributed by atoms with E-state index in [0.29, 0.717) is 23.2 Å². The van der Waals surface area contributed by atoms with E-state index >= 15 is 0 Å². The Balaban J connectivity index is 1.60. The van der Waals surface area contributed by atoms with Gasteiger partial charge in [0.05, 0.1) is 6.61 Å². The van der Waals surface area contributed by atoms with Gasteiger partial charge in [-0.15, -0.1) is 11.3 Å². The maximum atomic E-state index is 13.5. The molecule has 1 aliphatic rings. The second-order valence-corrected chi connectivity index (χ2v) is 10.2. The molecule has 1 fully saturated rings. The van der Waals surface area contributed by atoms with E-state index in [0.717, 1.165) is 29.6 Å². The second kappa shape index (κ2) is 11.3. The Morgan fingerprint density at radius 2 is 2.00 bits per heavy atom. The third-order valence-electron chi connectivity index (χ3n) is 6.52. The number of aromatic amines is 1. The first-order valence-corrected chi connectivity index (χ1v) is 13.6. The van der Waals surface area contributed by atoms with Gasteiger partial charge >= 0.3 is 12.2 Å². The Bertz CT molecular complexity index is 1680. The third-order valence-corrected chi connectivity index (χ3v) is 7.40. The van der Waals surface area contributed by atoms with E-state index in [2.05, 4.69) is 25.6 Å². The van der Waals surface area contributed by atoms with Gasteiger partial charge in [0, 0.05) is 58.9 Å². The van der Waals surface area contributed by atoms with Crippen molar-refractivity contribution < 1.29 is 27.9 Å². The topological polar surface area (TPSA) is 140 Å². The molecule has 1 aromatic carbocycles. The Labute approximate surface area is 235 Å². The van der Waals surface area contributed by atoms with E-state index in [1.54, 1.807) is 19.1 Å². The molecule has 14 heteroatoms. The lowest BCUT2D eigenvalue weighted by Gasteiger charge is -2.21. The van der Waals surface area contributed by atoms with Crippen LogP contribution in [-0.2, 0) is 6.18 Å². The highest BCUT2D eigenvalue weighted by atomic mass is 32.1. The van der Waals surface area contributed by atoms with Crippen molar-refractivity contribution in [3.8, 4) is 21.7 Å². The number of aromatic nitrogens is 3. The lowest BCUT2D eigenvalue weighted by atomic mass is 9.99. The minimum absolute atomic E-state index is 0.0175. The quantitative estimate of drug-likeness (QED) is 0.240. The molecule has 1 aliphatic carbocycles. The molecule has 3 amide bonds. The Hall–Kier alpha value is -4.30. The van der Waals surface area contributed by atoms with Crippen LogP contribution in [-0.4, -0.2) is 62.6 Å². The van der Waals surface area contributed by atoms with E-state index in [1.165, 1.54) is 29.4 Å². The number of fused-ring (bicyclic) bond motifs is 1. The zero-order valence-electron chi connectivity index (χ0n) is 21.7. The van der Waals surface area contributed by atoms with Gasteiger partial charge in [-0.05, 0) is 43.5 Å². The predicted octanol–water partition coefficient (Wildman–Crippen LogP) is 4.47. The minimum atomic E-state index is -4.65. The maximum absolute atomic E-state index is 13.5. The SMILES string of the molecule is CCNC(=O)Nc1cc(-c2nc(C(F)(F)F)cs2)c(-c2ccc3[nH]cc(C(=O)N(CCO)C4CC4)c(=O)c3c2)cn1. The molecule has 3 heterocycles. The maximum Gasteiger partial charge on any atom is 0.434 e. The lowest BCUT2D eigenvalue weighted by molar-refractivity contribution is -0.140. The number of nitrogens with zero attached hydrogens (tertiary/aromatic N) is 3. The molecule has 0 bridgehead atoms. The fraction of sp³-hybridized carbons (Fsp3) is 0.296. The van der Waals surface area contributed by atoms with Gasteiger partial charge in [-0.2, -0.15) is 13.2 Å². The second-order valence-electron chi connectivity index (χ2n) is 9.38. The first-order valence-electron chi connectivity index (χ1n) is 12.8. The number of carbonyl (C=O) groups is 2. The van der Waals surface area contributed by atoms with Gasteiger partial charge in [0.1, 0.15) is 16.4 Å². The first kappa shape index (κ1) is 28.2. The fourth-order valence-electron chi connectivity index (χ4n) is 4.42. The van der Waals surface area contributed by atoms with Crippen molar-refractivity contribution in [3.63, 3.8) is 0 Å². The number of halogens is 3. The molecule has 5 rings (SSSR count). The van der Waals surface area contributed by atoms with Crippen molar-refractivity contribution in [3.05, 3.63) is 63.5 Å². The number of rotatable bonds is 8. The van der Waals surface area contributed by atoms with Crippen LogP contribution in [0.5, 0.6) is 0 Å². The summed E-state index contributed by atoms with van der Waals surface area (Å²) in [6, 6.07) is 5.69. The summed E-state index contributed by atoms with van der Waals surface area (Å²) in [7, 11) is 0. The number of pyridine rings is 2. The van der Waals surface area contributed by atoms with Crippen LogP contribution in [0.25, 0.3) is 32.6 Å². The highest BCUT2D eigenvalue weighted by Gasteiger charge is 2.35. The summed E-state index contributed by atoms with van der Waals surface area (Å²) in [6.45, 7) is 1.96. The molecular formula is C27H25F3N6O4S. The van der Waals surface area contributed by atoms with Crippen LogP contribution in [0, 0.1) is 0 Å². The van der Waals surface area contributed by atoms with Crippen molar-refractivity contribution >= 4 is 40.0 Å². The van der Waals surface area contributed by atoms with Crippen molar-refractivity contribution in [2.75, 3.05) is 25.0 Å². The normalized spacial score (nSPS) is 13.3. The largest absolute Gasteiger partial charge is 0.434 e. The summed E-state index contributed by atoms with van der Waals surface area (Å²) >= 11 is 0.780. The minimum Gasteiger partial charge on any atom is -0.395 e. The highest BCUT2D eigenvalue weighted by molar-refractivity contribution is 7.13. The average Bonchev–Trinajstić information content (AvgIpc) is 3.65. The van der Waals surface area contributed by atoms with E-state index in [1.807, 2.05) is 0 Å². The highest BCUT2D eigenvalue weighted by Crippen LogP contribution is 2.39. The fourth-order valence-corrected chi connectivity index (χ4v) is 5.28. The molecule has 0 aliphatic heterocycles. The van der Waals surface area contributed by atoms with Crippen LogP contribution in [0.1, 0.15) is 35.8 Å². The third kappa shape index (κ3) is 5.93. The number of carbonyl (C=O) groups excluding carboxylic acids is 2. The van der Waals surface area contributed by atoms with Gasteiger partial charge in [-0.3, -0.25) is 14.9 Å². The van der Waals surface area contributed by atoms with Crippen LogP contribution in [0.3, 0.4) is 0 Å². The van der Waals surface area contributed by atoms with Gasteiger partial charge in [0.2, 0.25) is 5.43 Å². The lowest BCUT2D eigenvalue weighted by Crippen LogP contribution is -2.38. The van der Waals surface area contributed by atoms with Gasteiger partial charge in [0.25, 0.3) is 5.91 Å². The van der Waals surface area contributed by atoms with Crippen LogP contribution >= 0.6 is 11.3 Å². The number of hydrogen-bond acceptors (Lipinski definition) is 7. The average molecular weight is 587 g/mol. The van der Waals surface area contributed by atoms with Crippen LogP contribution < -0.4 is 16.1 Å². The van der Waals surface area contributed by atoms with Gasteiger partial charge in [-0.1, -0.05) is 6.07 Å². The number of thiazole rings is 1. The number of aliphatic hydroxyl groups is 1. The number of anilines is 1. The van der Waals surface area contributed by atoms with Crippen molar-refractivity contribution in [2.24, 2.45) is 0 Å². The summed E-state index contributed by atoms with van der Waals surface area (Å²) in [5, 5.41) is 15.6. The molecule has 0 spiro atoms. The molecule has 4 aromatic rings. The molecule has 0 unspecified atom stereocenters. The number of nitrogens with one attached hydrogen (secondary N) is 3. The number of benzene rings is 1. The first-order chi connectivity index (χ1) is 19.6. The number of alkyl halides is 3. The number of hydrogen-bond donors (Lipinski definition) is 4. The molecule has 41 heavy (non-hydrogen) atoms. The summed E-state index contributed by atoms with van der Waals surface area (Å²) < 4.78 is 40.0. The Morgan fingerprint density at radius 1 is 1.22 bits per heavy atom. The summed E-state index contributed by atoms with van der Waals surface area (Å²) in [6.07, 6.45) is -0.314. The zero-order valence-corrected chi connectivity index (χ0v) is 22.5. The number of H-pyrrole nitrogens is 1. The molecule has 0 saturated heterocycles. The van der Waals surface area contributed by atoms with E-state index in [4.69, 9.17) is 0 Å². The van der Waals surface area contributed by atoms with Crippen molar-refractivity contribution in [2.45, 2.75) is 32.0 Å². The predicted molar refractivity (Wildman–Crippen MR) is 148 cm³/mol. The van der Waals surface area contributed by atoms with E-state index < -0.39 is 29.2 Å². The number of aliphatic hydroxyl groups excluding tert-OH is 1. The number of urea groups is 1. The summed E-state index contributed by atoms with van der Waals surface area (Å²) in [5.41, 5.74) is -0.132. The molecule has 3 aromatic heterocycles. The molecule has 4 N–H and O–H groups in total. The standard InChI is InChI=1S/C27H25F3N6O4S/c1-2-31-26(40)35-22-10-16(24-34-21(13-41-24)27(28,29)30)18(11-33-22)14-3-6-20-17(9-14)23(38)19(12-32-20)25(39)36(7-8-37)15-4-5-15/h3,6,9-13,15,37H,2,4-5,7-8H2,1H3,(H,32,38)(H2,31,33,35,40). The van der Waals surface area contributed by atoms with Crippen molar-refractivity contribution in [1.29, 1.82) is 0 Å². The molecule has 0 atom stereocenters. The Morgan fingerprint density at radius 3 is 2.66 bits per heavy atom. The molecule has 1 saturated carbocycles. The molecule has 10 nitrogen and oxygen atoms in total. The molecule has 0 radical (unpaired) electrons. The van der Waals surface area contributed by atoms with Crippen LogP contribution in [0.4, 0.5) is 23.8 Å². The monoisotopic (exact) mass is 586 g/mol. The van der Waals surface area contributed by atoms with Gasteiger partial charge < -0.3 is 20.3 Å².